The third-order valence-corrected chi connectivity index (χ3v) is 5.56. The van der Waals surface area contributed by atoms with Crippen molar-refractivity contribution < 1.29 is 13.2 Å². The van der Waals surface area contributed by atoms with Crippen molar-refractivity contribution in [2.45, 2.75) is 25.9 Å². The van der Waals surface area contributed by atoms with Crippen LogP contribution >= 0.6 is 0 Å². The van der Waals surface area contributed by atoms with Gasteiger partial charge in [-0.05, 0) is 68.6 Å². The van der Waals surface area contributed by atoms with Crippen LogP contribution < -0.4 is 10.6 Å². The molecule has 0 aliphatic carbocycles. The molecule has 0 amide bonds. The Hall–Kier alpha value is -2.80. The summed E-state index contributed by atoms with van der Waals surface area (Å²) >= 11 is 0. The van der Waals surface area contributed by atoms with Crippen LogP contribution in [0.5, 0.6) is 0 Å². The van der Waals surface area contributed by atoms with E-state index in [2.05, 4.69) is 33.8 Å². The van der Waals surface area contributed by atoms with Crippen LogP contribution in [0.1, 0.15) is 24.0 Å². The maximum absolute atomic E-state index is 12.8. The molecule has 1 aliphatic rings. The molecule has 4 rings (SSSR count). The Kier molecular flexibility index (Phi) is 5.81. The van der Waals surface area contributed by atoms with Gasteiger partial charge >= 0.3 is 6.18 Å². The van der Waals surface area contributed by atoms with E-state index in [1.807, 2.05) is 17.7 Å². The standard InChI is InChI=1S/C23H25F3N4/c1-16-2-7-20(28-13-17-8-10-27-11-9-17)22(12-16)30-14-21(29-15-30)18-3-5-19(6-4-18)23(24,25)26/h2-7,12,14-15,17,27-28H,8-11,13H2,1H3. The van der Waals surface area contributed by atoms with Crippen LogP contribution in [-0.4, -0.2) is 29.2 Å². The van der Waals surface area contributed by atoms with Gasteiger partial charge in [0, 0.05) is 18.3 Å². The van der Waals surface area contributed by atoms with Gasteiger partial charge in [-0.2, -0.15) is 13.2 Å². The van der Waals surface area contributed by atoms with Gasteiger partial charge < -0.3 is 15.2 Å². The summed E-state index contributed by atoms with van der Waals surface area (Å²) in [6, 6.07) is 11.3. The maximum Gasteiger partial charge on any atom is 0.416 e. The third-order valence-electron chi connectivity index (χ3n) is 5.56. The summed E-state index contributed by atoms with van der Waals surface area (Å²) in [6.07, 6.45) is 1.55. The monoisotopic (exact) mass is 414 g/mol. The quantitative estimate of drug-likeness (QED) is 0.597. The normalized spacial score (nSPS) is 15.3. The first kappa shape index (κ1) is 20.5. The number of nitrogens with zero attached hydrogens (tertiary/aromatic N) is 2. The summed E-state index contributed by atoms with van der Waals surface area (Å²) < 4.78 is 40.3. The molecule has 3 aromatic rings. The molecule has 158 valence electrons. The van der Waals surface area contributed by atoms with Crippen molar-refractivity contribution in [3.8, 4) is 16.9 Å². The average molecular weight is 414 g/mol. The fourth-order valence-corrected chi connectivity index (χ4v) is 3.78. The fraction of sp³-hybridized carbons (Fsp3) is 0.348. The van der Waals surface area contributed by atoms with E-state index in [-0.39, 0.29) is 0 Å². The van der Waals surface area contributed by atoms with Gasteiger partial charge in [-0.15, -0.1) is 0 Å². The van der Waals surface area contributed by atoms with Gasteiger partial charge in [-0.3, -0.25) is 0 Å². The number of anilines is 1. The molecular formula is C23H25F3N4. The van der Waals surface area contributed by atoms with Crippen LogP contribution in [0, 0.1) is 12.8 Å². The van der Waals surface area contributed by atoms with Gasteiger partial charge in [0.15, 0.2) is 0 Å². The molecule has 0 atom stereocenters. The van der Waals surface area contributed by atoms with E-state index in [0.717, 1.165) is 61.5 Å². The van der Waals surface area contributed by atoms with Gasteiger partial charge in [-0.25, -0.2) is 4.98 Å². The number of alkyl halides is 3. The van der Waals surface area contributed by atoms with Gasteiger partial charge in [0.05, 0.1) is 29.0 Å². The van der Waals surface area contributed by atoms with E-state index in [1.54, 1.807) is 6.33 Å². The highest BCUT2D eigenvalue weighted by Crippen LogP contribution is 2.31. The zero-order valence-electron chi connectivity index (χ0n) is 16.8. The zero-order chi connectivity index (χ0) is 21.1. The molecule has 2 aromatic carbocycles. The number of halogens is 3. The van der Waals surface area contributed by atoms with E-state index in [9.17, 15) is 13.2 Å². The topological polar surface area (TPSA) is 41.9 Å². The highest BCUT2D eigenvalue weighted by Gasteiger charge is 2.30. The first-order chi connectivity index (χ1) is 14.4. The molecular weight excluding hydrogens is 389 g/mol. The number of aryl methyl sites for hydroxylation is 1. The predicted octanol–water partition coefficient (Wildman–Crippen LogP) is 5.28. The van der Waals surface area contributed by atoms with Gasteiger partial charge in [0.1, 0.15) is 0 Å². The third kappa shape index (κ3) is 4.67. The van der Waals surface area contributed by atoms with Gasteiger partial charge in [-0.1, -0.05) is 18.2 Å². The number of benzene rings is 2. The van der Waals surface area contributed by atoms with Gasteiger partial charge in [0.2, 0.25) is 0 Å². The SMILES string of the molecule is Cc1ccc(NCC2CCNCC2)c(-n2cnc(-c3ccc(C(F)(F)F)cc3)c2)c1. The molecule has 2 N–H and O–H groups in total. The van der Waals surface area contributed by atoms with Crippen molar-refractivity contribution in [1.29, 1.82) is 0 Å². The molecule has 1 saturated heterocycles. The number of nitrogens with one attached hydrogen (secondary N) is 2. The molecule has 1 aromatic heterocycles. The second-order valence-corrected chi connectivity index (χ2v) is 7.84. The lowest BCUT2D eigenvalue weighted by molar-refractivity contribution is -0.137. The van der Waals surface area contributed by atoms with Crippen molar-refractivity contribution in [3.05, 3.63) is 66.1 Å². The molecule has 0 spiro atoms. The molecule has 1 fully saturated rings. The van der Waals surface area contributed by atoms with Crippen LogP contribution in [-0.2, 0) is 6.18 Å². The number of aromatic nitrogens is 2. The molecule has 4 nitrogen and oxygen atoms in total. The highest BCUT2D eigenvalue weighted by molar-refractivity contribution is 5.65. The van der Waals surface area contributed by atoms with E-state index < -0.39 is 11.7 Å². The minimum Gasteiger partial charge on any atom is -0.383 e. The summed E-state index contributed by atoms with van der Waals surface area (Å²) in [7, 11) is 0. The maximum atomic E-state index is 12.8. The Labute approximate surface area is 174 Å². The van der Waals surface area contributed by atoms with E-state index in [0.29, 0.717) is 17.2 Å². The largest absolute Gasteiger partial charge is 0.416 e. The van der Waals surface area contributed by atoms with Crippen molar-refractivity contribution >= 4 is 5.69 Å². The Morgan fingerprint density at radius 1 is 1.10 bits per heavy atom. The minimum absolute atomic E-state index is 0.634. The van der Waals surface area contributed by atoms with E-state index in [1.165, 1.54) is 12.1 Å². The van der Waals surface area contributed by atoms with Gasteiger partial charge in [0.25, 0.3) is 0 Å². The smallest absolute Gasteiger partial charge is 0.383 e. The summed E-state index contributed by atoms with van der Waals surface area (Å²) in [5.74, 6) is 0.644. The average Bonchev–Trinajstić information content (AvgIpc) is 3.23. The number of hydrogen-bond donors (Lipinski definition) is 2. The lowest BCUT2D eigenvalue weighted by atomic mass is 9.98. The molecule has 7 heteroatoms. The number of rotatable bonds is 5. The van der Waals surface area contributed by atoms with Crippen LogP contribution in [0.15, 0.2) is 55.0 Å². The Balaban J connectivity index is 1.55. The fourth-order valence-electron chi connectivity index (χ4n) is 3.78. The first-order valence-corrected chi connectivity index (χ1v) is 10.2. The molecule has 0 unspecified atom stereocenters. The van der Waals surface area contributed by atoms with Crippen molar-refractivity contribution in [2.75, 3.05) is 25.0 Å². The van der Waals surface area contributed by atoms with Crippen molar-refractivity contribution in [1.82, 2.24) is 14.9 Å². The molecule has 30 heavy (non-hydrogen) atoms. The van der Waals surface area contributed by atoms with E-state index in [4.69, 9.17) is 0 Å². The number of hydrogen-bond acceptors (Lipinski definition) is 3. The summed E-state index contributed by atoms with van der Waals surface area (Å²) in [5.41, 5.74) is 3.76. The summed E-state index contributed by atoms with van der Waals surface area (Å²) in [6.45, 7) is 5.07. The first-order valence-electron chi connectivity index (χ1n) is 10.2. The molecule has 0 radical (unpaired) electrons. The van der Waals surface area contributed by atoms with Crippen LogP contribution in [0.25, 0.3) is 16.9 Å². The second kappa shape index (κ2) is 8.52. The minimum atomic E-state index is -4.34. The predicted molar refractivity (Wildman–Crippen MR) is 113 cm³/mol. The Morgan fingerprint density at radius 3 is 2.53 bits per heavy atom. The van der Waals surface area contributed by atoms with Crippen molar-refractivity contribution in [2.24, 2.45) is 5.92 Å². The highest BCUT2D eigenvalue weighted by atomic mass is 19.4. The Bertz CT molecular complexity index is 986. The lowest BCUT2D eigenvalue weighted by Crippen LogP contribution is -2.31. The molecule has 2 heterocycles. The summed E-state index contributed by atoms with van der Waals surface area (Å²) in [5, 5.41) is 6.97. The van der Waals surface area contributed by atoms with Crippen LogP contribution in [0.2, 0.25) is 0 Å². The molecule has 1 aliphatic heterocycles. The zero-order valence-corrected chi connectivity index (χ0v) is 16.8. The Morgan fingerprint density at radius 2 is 1.83 bits per heavy atom. The molecule has 0 bridgehead atoms. The number of piperidine rings is 1. The van der Waals surface area contributed by atoms with Crippen LogP contribution in [0.3, 0.4) is 0 Å². The summed E-state index contributed by atoms with van der Waals surface area (Å²) in [4.78, 5) is 4.42. The lowest BCUT2D eigenvalue weighted by Gasteiger charge is -2.24. The van der Waals surface area contributed by atoms with Crippen LogP contribution in [0.4, 0.5) is 18.9 Å². The second-order valence-electron chi connectivity index (χ2n) is 7.84. The molecule has 0 saturated carbocycles. The van der Waals surface area contributed by atoms with E-state index >= 15 is 0 Å². The number of imidazole rings is 1. The van der Waals surface area contributed by atoms with Crippen molar-refractivity contribution in [3.63, 3.8) is 0 Å².